The number of carbonyl (C=O) groups excluding carboxylic acids is 4. The SMILES string of the molecule is CCC(C)C(=O)OCCOC(=O)CCC(=O)OC1C2OC(=O)C3CC1(C)CC32. The highest BCUT2D eigenvalue weighted by molar-refractivity contribution is 5.79. The minimum atomic E-state index is -0.553. The molecule has 2 aliphatic carbocycles. The molecule has 8 heteroatoms. The molecule has 3 rings (SSSR count). The van der Waals surface area contributed by atoms with Gasteiger partial charge in [0.25, 0.3) is 0 Å². The van der Waals surface area contributed by atoms with Gasteiger partial charge in [-0.2, -0.15) is 0 Å². The Kier molecular flexibility index (Phi) is 5.95. The molecular weight excluding hydrogens is 368 g/mol. The summed E-state index contributed by atoms with van der Waals surface area (Å²) in [6.45, 7) is 5.63. The van der Waals surface area contributed by atoms with Crippen LogP contribution in [0.3, 0.4) is 0 Å². The monoisotopic (exact) mass is 396 g/mol. The summed E-state index contributed by atoms with van der Waals surface area (Å²) in [6.07, 6.45) is 1.18. The molecule has 8 nitrogen and oxygen atoms in total. The Morgan fingerprint density at radius 2 is 1.82 bits per heavy atom. The van der Waals surface area contributed by atoms with Gasteiger partial charge in [0.2, 0.25) is 0 Å². The van der Waals surface area contributed by atoms with Crippen molar-refractivity contribution in [2.45, 2.75) is 65.1 Å². The van der Waals surface area contributed by atoms with Gasteiger partial charge in [-0.05, 0) is 19.3 Å². The van der Waals surface area contributed by atoms with E-state index in [0.29, 0.717) is 12.8 Å². The largest absolute Gasteiger partial charge is 0.462 e. The molecule has 2 bridgehead atoms. The maximum absolute atomic E-state index is 12.2. The van der Waals surface area contributed by atoms with Crippen molar-refractivity contribution in [3.8, 4) is 0 Å². The summed E-state index contributed by atoms with van der Waals surface area (Å²) in [4.78, 5) is 47.3. The van der Waals surface area contributed by atoms with Crippen molar-refractivity contribution < 1.29 is 38.1 Å². The molecule has 0 radical (unpaired) electrons. The molecule has 0 amide bonds. The minimum Gasteiger partial charge on any atom is -0.462 e. The molecule has 156 valence electrons. The van der Waals surface area contributed by atoms with Gasteiger partial charge < -0.3 is 18.9 Å². The van der Waals surface area contributed by atoms with Crippen LogP contribution in [0.4, 0.5) is 0 Å². The first kappa shape index (κ1) is 20.6. The van der Waals surface area contributed by atoms with Crippen LogP contribution in [0.2, 0.25) is 0 Å². The van der Waals surface area contributed by atoms with Crippen LogP contribution in [0, 0.1) is 23.2 Å². The van der Waals surface area contributed by atoms with Crippen LogP contribution < -0.4 is 0 Å². The average molecular weight is 396 g/mol. The normalized spacial score (nSPS) is 33.3. The molecule has 3 fully saturated rings. The number of ether oxygens (including phenoxy) is 4. The van der Waals surface area contributed by atoms with Gasteiger partial charge in [-0.15, -0.1) is 0 Å². The number of esters is 4. The summed E-state index contributed by atoms with van der Waals surface area (Å²) in [7, 11) is 0. The molecule has 6 unspecified atom stereocenters. The Bertz CT molecular complexity index is 659. The van der Waals surface area contributed by atoms with E-state index in [0.717, 1.165) is 6.42 Å². The van der Waals surface area contributed by atoms with Gasteiger partial charge in [-0.3, -0.25) is 19.2 Å². The third-order valence-corrected chi connectivity index (χ3v) is 6.26. The van der Waals surface area contributed by atoms with Crippen molar-refractivity contribution >= 4 is 23.9 Å². The zero-order chi connectivity index (χ0) is 20.5. The Morgan fingerprint density at radius 1 is 1.14 bits per heavy atom. The molecule has 2 saturated carbocycles. The number of hydrogen-bond donors (Lipinski definition) is 0. The smallest absolute Gasteiger partial charge is 0.309 e. The zero-order valence-electron chi connectivity index (χ0n) is 16.6. The van der Waals surface area contributed by atoms with Gasteiger partial charge in [0.05, 0.1) is 24.7 Å². The van der Waals surface area contributed by atoms with Crippen molar-refractivity contribution in [2.24, 2.45) is 23.2 Å². The molecule has 1 saturated heterocycles. The van der Waals surface area contributed by atoms with Gasteiger partial charge in [-0.1, -0.05) is 20.8 Å². The zero-order valence-corrected chi connectivity index (χ0v) is 16.6. The molecule has 0 aromatic heterocycles. The molecule has 0 N–H and O–H groups in total. The van der Waals surface area contributed by atoms with Crippen LogP contribution in [-0.2, 0) is 38.1 Å². The molecule has 3 aliphatic rings. The highest BCUT2D eigenvalue weighted by Crippen LogP contribution is 2.62. The van der Waals surface area contributed by atoms with Gasteiger partial charge in [-0.25, -0.2) is 0 Å². The van der Waals surface area contributed by atoms with Gasteiger partial charge in [0, 0.05) is 11.3 Å². The summed E-state index contributed by atoms with van der Waals surface area (Å²) in [5.74, 6) is -1.67. The molecule has 28 heavy (non-hydrogen) atoms. The summed E-state index contributed by atoms with van der Waals surface area (Å²) in [6, 6.07) is 0. The summed E-state index contributed by atoms with van der Waals surface area (Å²) >= 11 is 0. The molecule has 0 aromatic carbocycles. The van der Waals surface area contributed by atoms with Gasteiger partial charge >= 0.3 is 23.9 Å². The van der Waals surface area contributed by atoms with E-state index >= 15 is 0 Å². The van der Waals surface area contributed by atoms with Crippen molar-refractivity contribution in [1.29, 1.82) is 0 Å². The third-order valence-electron chi connectivity index (χ3n) is 6.26. The maximum atomic E-state index is 12.2. The van der Waals surface area contributed by atoms with E-state index in [9.17, 15) is 19.2 Å². The Hall–Kier alpha value is -2.12. The van der Waals surface area contributed by atoms with Crippen molar-refractivity contribution in [3.05, 3.63) is 0 Å². The Balaban J connectivity index is 1.34. The van der Waals surface area contributed by atoms with Crippen LogP contribution in [0.5, 0.6) is 0 Å². The lowest BCUT2D eigenvalue weighted by Gasteiger charge is -2.32. The van der Waals surface area contributed by atoms with Crippen molar-refractivity contribution in [3.63, 3.8) is 0 Å². The van der Waals surface area contributed by atoms with Crippen molar-refractivity contribution in [1.82, 2.24) is 0 Å². The van der Waals surface area contributed by atoms with Crippen LogP contribution >= 0.6 is 0 Å². The first-order valence-corrected chi connectivity index (χ1v) is 9.97. The lowest BCUT2D eigenvalue weighted by Crippen LogP contribution is -2.41. The van der Waals surface area contributed by atoms with Crippen molar-refractivity contribution in [2.75, 3.05) is 13.2 Å². The Labute approximate surface area is 164 Å². The fourth-order valence-corrected chi connectivity index (χ4v) is 4.54. The van der Waals surface area contributed by atoms with E-state index < -0.39 is 18.0 Å². The van der Waals surface area contributed by atoms with Crippen LogP contribution in [0.15, 0.2) is 0 Å². The van der Waals surface area contributed by atoms with Crippen LogP contribution in [0.25, 0.3) is 0 Å². The highest BCUT2D eigenvalue weighted by atomic mass is 16.6. The van der Waals surface area contributed by atoms with E-state index in [1.54, 1.807) is 6.92 Å². The second-order valence-electron chi connectivity index (χ2n) is 8.34. The average Bonchev–Trinajstić information content (AvgIpc) is 3.22. The predicted octanol–water partition coefficient (Wildman–Crippen LogP) is 1.78. The number of carbonyl (C=O) groups is 4. The van der Waals surface area contributed by atoms with E-state index in [2.05, 4.69) is 0 Å². The summed E-state index contributed by atoms with van der Waals surface area (Å²) < 4.78 is 20.9. The second-order valence-corrected chi connectivity index (χ2v) is 8.34. The minimum absolute atomic E-state index is 0.00457. The maximum Gasteiger partial charge on any atom is 0.309 e. The molecule has 0 aromatic rings. The predicted molar refractivity (Wildman–Crippen MR) is 94.7 cm³/mol. The summed E-state index contributed by atoms with van der Waals surface area (Å²) in [5.41, 5.74) is -0.234. The topological polar surface area (TPSA) is 105 Å². The molecule has 1 heterocycles. The standard InChI is InChI=1S/C20H28O8/c1-4-11(2)18(23)26-8-7-25-14(21)5-6-15(22)27-17-16-12-9-20(17,3)10-13(12)19(24)28-16/h11-13,16-17H,4-10H2,1-3H3. The highest BCUT2D eigenvalue weighted by Gasteiger charge is 2.68. The first-order chi connectivity index (χ1) is 13.2. The molecular formula is C20H28O8. The fourth-order valence-electron chi connectivity index (χ4n) is 4.54. The lowest BCUT2D eigenvalue weighted by atomic mass is 9.79. The summed E-state index contributed by atoms with van der Waals surface area (Å²) in [5, 5.41) is 0. The fraction of sp³-hybridized carbons (Fsp3) is 0.800. The third kappa shape index (κ3) is 4.00. The van der Waals surface area contributed by atoms with Gasteiger partial charge in [0.1, 0.15) is 25.4 Å². The lowest BCUT2D eigenvalue weighted by molar-refractivity contribution is -0.167. The number of fused-ring (bicyclic) bond motifs is 1. The second kappa shape index (κ2) is 8.09. The quantitative estimate of drug-likeness (QED) is 0.330. The van der Waals surface area contributed by atoms with E-state index in [1.165, 1.54) is 0 Å². The van der Waals surface area contributed by atoms with E-state index in [-0.39, 0.29) is 67.3 Å². The number of rotatable bonds is 9. The Morgan fingerprint density at radius 3 is 2.54 bits per heavy atom. The van der Waals surface area contributed by atoms with E-state index in [4.69, 9.17) is 18.9 Å². The number of hydrogen-bond acceptors (Lipinski definition) is 8. The molecule has 0 spiro atoms. The van der Waals surface area contributed by atoms with E-state index in [1.807, 2.05) is 13.8 Å². The molecule has 1 aliphatic heterocycles. The van der Waals surface area contributed by atoms with Crippen LogP contribution in [-0.4, -0.2) is 49.3 Å². The van der Waals surface area contributed by atoms with Gasteiger partial charge in [0.15, 0.2) is 0 Å². The first-order valence-electron chi connectivity index (χ1n) is 9.97. The molecule has 6 atom stereocenters. The van der Waals surface area contributed by atoms with Crippen LogP contribution in [0.1, 0.15) is 52.9 Å².